The minimum atomic E-state index is 0.185. The minimum absolute atomic E-state index is 0.185. The molecule has 2 unspecified atom stereocenters. The molecule has 1 aliphatic carbocycles. The number of ether oxygens (including phenoxy) is 1. The lowest BCUT2D eigenvalue weighted by Gasteiger charge is -2.35. The Morgan fingerprint density at radius 3 is 2.44 bits per heavy atom. The molecule has 0 aliphatic heterocycles. The van der Waals surface area contributed by atoms with Gasteiger partial charge in [0.2, 0.25) is 0 Å². The average Bonchev–Trinajstić information content (AvgIpc) is 2.84. The third-order valence-electron chi connectivity index (χ3n) is 4.50. The third kappa shape index (κ3) is 2.38. The van der Waals surface area contributed by atoms with E-state index in [9.17, 15) is 0 Å². The first-order valence-electron chi connectivity index (χ1n) is 6.63. The van der Waals surface area contributed by atoms with Gasteiger partial charge in [-0.1, -0.05) is 12.1 Å². The van der Waals surface area contributed by atoms with Gasteiger partial charge >= 0.3 is 0 Å². The summed E-state index contributed by atoms with van der Waals surface area (Å²) in [5, 5.41) is 0. The summed E-state index contributed by atoms with van der Waals surface area (Å²) in [7, 11) is 5.99. The SMILES string of the molecule is COc1ccc(C2CCC(CN)(N(C)C)C2)cc1. The lowest BCUT2D eigenvalue weighted by atomic mass is 9.91. The van der Waals surface area contributed by atoms with Crippen molar-refractivity contribution in [3.63, 3.8) is 0 Å². The number of hydrogen-bond donors (Lipinski definition) is 1. The first-order valence-corrected chi connectivity index (χ1v) is 6.63. The average molecular weight is 248 g/mol. The molecule has 2 rings (SSSR count). The molecule has 0 saturated heterocycles. The summed E-state index contributed by atoms with van der Waals surface area (Å²) in [6.07, 6.45) is 3.57. The number of nitrogens with two attached hydrogens (primary N) is 1. The summed E-state index contributed by atoms with van der Waals surface area (Å²) in [5.74, 6) is 1.55. The molecule has 1 fully saturated rings. The van der Waals surface area contributed by atoms with Gasteiger partial charge in [0.1, 0.15) is 5.75 Å². The van der Waals surface area contributed by atoms with Gasteiger partial charge < -0.3 is 15.4 Å². The van der Waals surface area contributed by atoms with Crippen LogP contribution in [0.2, 0.25) is 0 Å². The number of benzene rings is 1. The Balaban J connectivity index is 2.12. The molecule has 18 heavy (non-hydrogen) atoms. The van der Waals surface area contributed by atoms with Crippen LogP contribution in [-0.4, -0.2) is 38.2 Å². The van der Waals surface area contributed by atoms with Gasteiger partial charge in [0.05, 0.1) is 7.11 Å². The monoisotopic (exact) mass is 248 g/mol. The molecule has 3 heteroatoms. The molecule has 3 nitrogen and oxygen atoms in total. The van der Waals surface area contributed by atoms with Crippen LogP contribution in [0.1, 0.15) is 30.7 Å². The van der Waals surface area contributed by atoms with Gasteiger partial charge in [-0.05, 0) is 57.0 Å². The quantitative estimate of drug-likeness (QED) is 0.888. The van der Waals surface area contributed by atoms with Crippen LogP contribution in [0.5, 0.6) is 5.75 Å². The topological polar surface area (TPSA) is 38.5 Å². The predicted molar refractivity (Wildman–Crippen MR) is 75.1 cm³/mol. The molecule has 1 aromatic carbocycles. The van der Waals surface area contributed by atoms with Gasteiger partial charge in [-0.3, -0.25) is 0 Å². The Morgan fingerprint density at radius 2 is 2.00 bits per heavy atom. The van der Waals surface area contributed by atoms with E-state index in [4.69, 9.17) is 10.5 Å². The number of nitrogens with zero attached hydrogens (tertiary/aromatic N) is 1. The van der Waals surface area contributed by atoms with E-state index < -0.39 is 0 Å². The lowest BCUT2D eigenvalue weighted by molar-refractivity contribution is 0.165. The van der Waals surface area contributed by atoms with Crippen molar-refractivity contribution in [3.05, 3.63) is 29.8 Å². The van der Waals surface area contributed by atoms with Crippen molar-refractivity contribution in [3.8, 4) is 5.75 Å². The molecule has 0 heterocycles. The van der Waals surface area contributed by atoms with Crippen molar-refractivity contribution in [2.24, 2.45) is 5.73 Å². The van der Waals surface area contributed by atoms with Gasteiger partial charge in [0.25, 0.3) is 0 Å². The van der Waals surface area contributed by atoms with Crippen molar-refractivity contribution in [1.29, 1.82) is 0 Å². The fraction of sp³-hybridized carbons (Fsp3) is 0.600. The molecule has 1 aliphatic rings. The molecule has 0 amide bonds. The van der Waals surface area contributed by atoms with Crippen LogP contribution >= 0.6 is 0 Å². The molecule has 0 bridgehead atoms. The zero-order valence-corrected chi connectivity index (χ0v) is 11.6. The summed E-state index contributed by atoms with van der Waals surface area (Å²) in [4.78, 5) is 2.30. The standard InChI is InChI=1S/C15H24N2O/c1-17(2)15(11-16)9-8-13(10-15)12-4-6-14(18-3)7-5-12/h4-7,13H,8-11,16H2,1-3H3. The lowest BCUT2D eigenvalue weighted by Crippen LogP contribution is -2.48. The zero-order chi connectivity index (χ0) is 13.2. The number of methoxy groups -OCH3 is 1. The van der Waals surface area contributed by atoms with Gasteiger partial charge in [-0.15, -0.1) is 0 Å². The smallest absolute Gasteiger partial charge is 0.118 e. The Kier molecular flexibility index (Phi) is 3.93. The van der Waals surface area contributed by atoms with E-state index in [1.165, 1.54) is 18.4 Å². The molecule has 1 aromatic rings. The summed E-state index contributed by atoms with van der Waals surface area (Å²) < 4.78 is 5.20. The second-order valence-corrected chi connectivity index (χ2v) is 5.54. The first kappa shape index (κ1) is 13.4. The highest BCUT2D eigenvalue weighted by Crippen LogP contribution is 2.43. The van der Waals surface area contributed by atoms with Crippen LogP contribution < -0.4 is 10.5 Å². The highest BCUT2D eigenvalue weighted by molar-refractivity contribution is 5.30. The van der Waals surface area contributed by atoms with E-state index >= 15 is 0 Å². The van der Waals surface area contributed by atoms with Crippen LogP contribution in [0.25, 0.3) is 0 Å². The Bertz CT molecular complexity index is 388. The summed E-state index contributed by atoms with van der Waals surface area (Å²) in [6, 6.07) is 8.47. The molecule has 0 radical (unpaired) electrons. The molecule has 0 spiro atoms. The van der Waals surface area contributed by atoms with Crippen molar-refractivity contribution < 1.29 is 4.74 Å². The Labute approximate surface area is 110 Å². The van der Waals surface area contributed by atoms with Crippen LogP contribution in [0, 0.1) is 0 Å². The van der Waals surface area contributed by atoms with Crippen LogP contribution in [-0.2, 0) is 0 Å². The second kappa shape index (κ2) is 5.29. The van der Waals surface area contributed by atoms with E-state index in [0.29, 0.717) is 5.92 Å². The van der Waals surface area contributed by atoms with Crippen LogP contribution in [0.4, 0.5) is 0 Å². The van der Waals surface area contributed by atoms with Gasteiger partial charge in [-0.2, -0.15) is 0 Å². The summed E-state index contributed by atoms with van der Waals surface area (Å²) in [6.45, 7) is 0.743. The van der Waals surface area contributed by atoms with Crippen LogP contribution in [0.15, 0.2) is 24.3 Å². The van der Waals surface area contributed by atoms with E-state index in [2.05, 4.69) is 31.1 Å². The molecular weight excluding hydrogens is 224 g/mol. The first-order chi connectivity index (χ1) is 8.61. The second-order valence-electron chi connectivity index (χ2n) is 5.54. The van der Waals surface area contributed by atoms with Crippen molar-refractivity contribution >= 4 is 0 Å². The molecular formula is C15H24N2O. The molecule has 2 N–H and O–H groups in total. The summed E-state index contributed by atoms with van der Waals surface area (Å²) >= 11 is 0. The normalized spacial score (nSPS) is 27.7. The molecule has 0 aromatic heterocycles. The summed E-state index contributed by atoms with van der Waals surface area (Å²) in [5.41, 5.74) is 7.59. The molecule has 2 atom stereocenters. The number of likely N-dealkylation sites (N-methyl/N-ethyl adjacent to an activating group) is 1. The van der Waals surface area contributed by atoms with Gasteiger partial charge in [0, 0.05) is 12.1 Å². The van der Waals surface area contributed by atoms with Crippen molar-refractivity contribution in [2.45, 2.75) is 30.7 Å². The maximum atomic E-state index is 5.99. The van der Waals surface area contributed by atoms with Gasteiger partial charge in [0.15, 0.2) is 0 Å². The number of hydrogen-bond acceptors (Lipinski definition) is 3. The van der Waals surface area contributed by atoms with E-state index in [-0.39, 0.29) is 5.54 Å². The van der Waals surface area contributed by atoms with Crippen molar-refractivity contribution in [2.75, 3.05) is 27.7 Å². The fourth-order valence-electron chi connectivity index (χ4n) is 3.04. The van der Waals surface area contributed by atoms with E-state index in [0.717, 1.165) is 18.7 Å². The van der Waals surface area contributed by atoms with Gasteiger partial charge in [-0.25, -0.2) is 0 Å². The Morgan fingerprint density at radius 1 is 1.33 bits per heavy atom. The maximum absolute atomic E-state index is 5.99. The van der Waals surface area contributed by atoms with E-state index in [1.54, 1.807) is 7.11 Å². The van der Waals surface area contributed by atoms with Crippen molar-refractivity contribution in [1.82, 2.24) is 4.90 Å². The highest BCUT2D eigenvalue weighted by atomic mass is 16.5. The largest absolute Gasteiger partial charge is 0.497 e. The predicted octanol–water partition coefficient (Wildman–Crippen LogP) is 2.22. The van der Waals surface area contributed by atoms with Crippen LogP contribution in [0.3, 0.4) is 0 Å². The maximum Gasteiger partial charge on any atom is 0.118 e. The minimum Gasteiger partial charge on any atom is -0.497 e. The zero-order valence-electron chi connectivity index (χ0n) is 11.6. The molecule has 1 saturated carbocycles. The third-order valence-corrected chi connectivity index (χ3v) is 4.50. The number of rotatable bonds is 4. The highest BCUT2D eigenvalue weighted by Gasteiger charge is 2.40. The fourth-order valence-corrected chi connectivity index (χ4v) is 3.04. The van der Waals surface area contributed by atoms with E-state index in [1.807, 2.05) is 12.1 Å². The Hall–Kier alpha value is -1.06. The molecule has 100 valence electrons.